The van der Waals surface area contributed by atoms with Crippen molar-refractivity contribution in [3.05, 3.63) is 89.5 Å². The van der Waals surface area contributed by atoms with Crippen LogP contribution in [0.25, 0.3) is 0 Å². The van der Waals surface area contributed by atoms with E-state index >= 15 is 0 Å². The fraction of sp³-hybridized carbons (Fsp3) is 0.208. The van der Waals surface area contributed by atoms with Gasteiger partial charge in [0.2, 0.25) is 5.91 Å². The highest BCUT2D eigenvalue weighted by Gasteiger charge is 2.04. The Morgan fingerprint density at radius 1 is 0.857 bits per heavy atom. The molecule has 0 radical (unpaired) electrons. The van der Waals surface area contributed by atoms with Gasteiger partial charge in [0.25, 0.3) is 0 Å². The average Bonchev–Trinajstić information content (AvgIpc) is 2.70. The monoisotopic (exact) mass is 374 g/mol. The Hall–Kier alpha value is -3.27. The fourth-order valence-corrected chi connectivity index (χ4v) is 2.83. The second-order valence-corrected chi connectivity index (χ2v) is 6.81. The van der Waals surface area contributed by atoms with Gasteiger partial charge < -0.3 is 15.4 Å². The molecule has 0 aliphatic carbocycles. The zero-order chi connectivity index (χ0) is 19.8. The first kappa shape index (κ1) is 19.5. The van der Waals surface area contributed by atoms with Gasteiger partial charge in [0.1, 0.15) is 5.75 Å². The molecule has 3 aromatic carbocycles. The van der Waals surface area contributed by atoms with Crippen molar-refractivity contribution in [1.82, 2.24) is 0 Å². The Kier molecular flexibility index (Phi) is 6.68. The molecule has 0 unspecified atom stereocenters. The van der Waals surface area contributed by atoms with Gasteiger partial charge in [0.05, 0.1) is 13.2 Å². The number of benzene rings is 3. The minimum Gasteiger partial charge on any atom is -0.493 e. The molecule has 2 N–H and O–H groups in total. The van der Waals surface area contributed by atoms with E-state index in [-0.39, 0.29) is 12.5 Å². The Morgan fingerprint density at radius 3 is 2.46 bits per heavy atom. The predicted molar refractivity (Wildman–Crippen MR) is 115 cm³/mol. The summed E-state index contributed by atoms with van der Waals surface area (Å²) in [6.07, 6.45) is 0.845. The maximum absolute atomic E-state index is 12.2. The van der Waals surface area contributed by atoms with Gasteiger partial charge >= 0.3 is 0 Å². The van der Waals surface area contributed by atoms with Crippen LogP contribution in [0, 0.1) is 13.8 Å². The van der Waals surface area contributed by atoms with Gasteiger partial charge in [-0.05, 0) is 54.8 Å². The average molecular weight is 374 g/mol. The van der Waals surface area contributed by atoms with Crippen molar-refractivity contribution in [3.63, 3.8) is 0 Å². The van der Waals surface area contributed by atoms with Crippen LogP contribution in [0.15, 0.2) is 72.8 Å². The highest BCUT2D eigenvalue weighted by atomic mass is 16.5. The topological polar surface area (TPSA) is 50.4 Å². The van der Waals surface area contributed by atoms with Crippen LogP contribution >= 0.6 is 0 Å². The second-order valence-electron chi connectivity index (χ2n) is 6.81. The van der Waals surface area contributed by atoms with Crippen LogP contribution in [0.1, 0.15) is 16.7 Å². The molecule has 3 aromatic rings. The lowest BCUT2D eigenvalue weighted by molar-refractivity contribution is -0.114. The van der Waals surface area contributed by atoms with Crippen molar-refractivity contribution >= 4 is 17.3 Å². The van der Waals surface area contributed by atoms with Crippen molar-refractivity contribution in [3.8, 4) is 5.75 Å². The number of amides is 1. The highest BCUT2D eigenvalue weighted by Crippen LogP contribution is 2.18. The standard InChI is InChI=1S/C24H26N2O2/c1-18-11-12-21(15-19(18)2)25-17-24(27)26-22-9-6-10-23(16-22)28-14-13-20-7-4-3-5-8-20/h3-12,15-16,25H,13-14,17H2,1-2H3,(H,26,27). The number of rotatable bonds is 8. The summed E-state index contributed by atoms with van der Waals surface area (Å²) in [6.45, 7) is 4.93. The van der Waals surface area contributed by atoms with E-state index in [9.17, 15) is 4.79 Å². The molecule has 0 heterocycles. The van der Waals surface area contributed by atoms with Crippen molar-refractivity contribution in [2.75, 3.05) is 23.8 Å². The molecule has 0 spiro atoms. The molecule has 1 amide bonds. The number of aryl methyl sites for hydroxylation is 2. The predicted octanol–water partition coefficient (Wildman–Crippen LogP) is 4.98. The van der Waals surface area contributed by atoms with E-state index in [4.69, 9.17) is 4.74 Å². The minimum atomic E-state index is -0.0975. The van der Waals surface area contributed by atoms with E-state index in [2.05, 4.69) is 36.6 Å². The highest BCUT2D eigenvalue weighted by molar-refractivity contribution is 5.93. The number of hydrogen-bond donors (Lipinski definition) is 2. The minimum absolute atomic E-state index is 0.0975. The molecule has 144 valence electrons. The largest absolute Gasteiger partial charge is 0.493 e. The Morgan fingerprint density at radius 2 is 1.68 bits per heavy atom. The van der Waals surface area contributed by atoms with Crippen LogP contribution < -0.4 is 15.4 Å². The molecule has 0 saturated heterocycles. The quantitative estimate of drug-likeness (QED) is 0.585. The van der Waals surface area contributed by atoms with Crippen LogP contribution in [0.4, 0.5) is 11.4 Å². The third-order valence-corrected chi connectivity index (χ3v) is 4.58. The van der Waals surface area contributed by atoms with Gasteiger partial charge in [-0.1, -0.05) is 42.5 Å². The van der Waals surface area contributed by atoms with Gasteiger partial charge in [-0.25, -0.2) is 0 Å². The zero-order valence-electron chi connectivity index (χ0n) is 16.4. The molecule has 0 aliphatic rings. The van der Waals surface area contributed by atoms with Gasteiger partial charge in [-0.15, -0.1) is 0 Å². The Bertz CT molecular complexity index is 923. The van der Waals surface area contributed by atoms with Crippen LogP contribution in [0.2, 0.25) is 0 Å². The van der Waals surface area contributed by atoms with E-state index < -0.39 is 0 Å². The molecule has 0 bridgehead atoms. The van der Waals surface area contributed by atoms with Crippen molar-refractivity contribution in [1.29, 1.82) is 0 Å². The third kappa shape index (κ3) is 5.88. The maximum Gasteiger partial charge on any atom is 0.243 e. The van der Waals surface area contributed by atoms with Crippen LogP contribution in [0.3, 0.4) is 0 Å². The Balaban J connectivity index is 1.47. The number of nitrogens with one attached hydrogen (secondary N) is 2. The number of anilines is 2. The summed E-state index contributed by atoms with van der Waals surface area (Å²) in [5, 5.41) is 6.06. The van der Waals surface area contributed by atoms with E-state index in [1.807, 2.05) is 60.7 Å². The zero-order valence-corrected chi connectivity index (χ0v) is 16.4. The lowest BCUT2D eigenvalue weighted by Gasteiger charge is -2.11. The first-order valence-electron chi connectivity index (χ1n) is 9.48. The molecule has 0 aliphatic heterocycles. The fourth-order valence-electron chi connectivity index (χ4n) is 2.83. The normalized spacial score (nSPS) is 10.4. The SMILES string of the molecule is Cc1ccc(NCC(=O)Nc2cccc(OCCc3ccccc3)c2)cc1C. The molecule has 4 heteroatoms. The van der Waals surface area contributed by atoms with Crippen LogP contribution in [-0.2, 0) is 11.2 Å². The first-order valence-corrected chi connectivity index (χ1v) is 9.48. The summed E-state index contributed by atoms with van der Waals surface area (Å²) >= 11 is 0. The van der Waals surface area contributed by atoms with E-state index in [0.717, 1.165) is 23.5 Å². The molecule has 0 atom stereocenters. The number of carbonyl (C=O) groups excluding carboxylic acids is 1. The first-order chi connectivity index (χ1) is 13.6. The van der Waals surface area contributed by atoms with Crippen LogP contribution in [0.5, 0.6) is 5.75 Å². The molecule has 0 fully saturated rings. The third-order valence-electron chi connectivity index (χ3n) is 4.58. The summed E-state index contributed by atoms with van der Waals surface area (Å²) < 4.78 is 5.82. The second kappa shape index (κ2) is 9.60. The summed E-state index contributed by atoms with van der Waals surface area (Å²) in [6, 6.07) is 23.8. The van der Waals surface area contributed by atoms with E-state index in [0.29, 0.717) is 6.61 Å². The van der Waals surface area contributed by atoms with Crippen molar-refractivity contribution in [2.24, 2.45) is 0 Å². The van der Waals surface area contributed by atoms with Gasteiger partial charge in [-0.3, -0.25) is 4.79 Å². The van der Waals surface area contributed by atoms with E-state index in [1.54, 1.807) is 0 Å². The summed E-state index contributed by atoms with van der Waals surface area (Å²) in [4.78, 5) is 12.2. The number of hydrogen-bond acceptors (Lipinski definition) is 3. The molecule has 4 nitrogen and oxygen atoms in total. The van der Waals surface area contributed by atoms with Gasteiger partial charge in [0.15, 0.2) is 0 Å². The summed E-state index contributed by atoms with van der Waals surface area (Å²) in [5.41, 5.74) is 5.34. The Labute approximate surface area is 166 Å². The van der Waals surface area contributed by atoms with Crippen molar-refractivity contribution in [2.45, 2.75) is 20.3 Å². The summed E-state index contributed by atoms with van der Waals surface area (Å²) in [5.74, 6) is 0.649. The number of carbonyl (C=O) groups is 1. The molecule has 0 saturated carbocycles. The van der Waals surface area contributed by atoms with E-state index in [1.165, 1.54) is 16.7 Å². The molecule has 28 heavy (non-hydrogen) atoms. The lowest BCUT2D eigenvalue weighted by atomic mass is 10.1. The van der Waals surface area contributed by atoms with Gasteiger partial charge in [0, 0.05) is 23.9 Å². The van der Waals surface area contributed by atoms with Gasteiger partial charge in [-0.2, -0.15) is 0 Å². The molecule has 3 rings (SSSR count). The van der Waals surface area contributed by atoms with Crippen molar-refractivity contribution < 1.29 is 9.53 Å². The molecular weight excluding hydrogens is 348 g/mol. The molecular formula is C24H26N2O2. The lowest BCUT2D eigenvalue weighted by Crippen LogP contribution is -2.21. The van der Waals surface area contributed by atoms with Crippen LogP contribution in [-0.4, -0.2) is 19.1 Å². The smallest absolute Gasteiger partial charge is 0.243 e. The maximum atomic E-state index is 12.2. The number of ether oxygens (including phenoxy) is 1. The summed E-state index contributed by atoms with van der Waals surface area (Å²) in [7, 11) is 0. The molecule has 0 aromatic heterocycles.